The van der Waals surface area contributed by atoms with Crippen molar-refractivity contribution in [2.24, 2.45) is 0 Å². The van der Waals surface area contributed by atoms with Crippen LogP contribution in [0.2, 0.25) is 0 Å². The second-order valence-corrected chi connectivity index (χ2v) is 4.23. The fraction of sp³-hybridized carbons (Fsp3) is 0.417. The van der Waals surface area contributed by atoms with Gasteiger partial charge < -0.3 is 16.0 Å². The number of hydrogen-bond acceptors (Lipinski definition) is 3. The fourth-order valence-corrected chi connectivity index (χ4v) is 2.12. The minimum atomic E-state index is 0.0411. The van der Waals surface area contributed by atoms with Gasteiger partial charge in [-0.2, -0.15) is 0 Å². The number of carbonyl (C=O) groups is 1. The van der Waals surface area contributed by atoms with Gasteiger partial charge in [-0.1, -0.05) is 6.07 Å². The van der Waals surface area contributed by atoms with Crippen LogP contribution in [0.25, 0.3) is 0 Å². The molecule has 3 N–H and O–H groups in total. The third kappa shape index (κ3) is 2.45. The predicted octanol–water partition coefficient (Wildman–Crippen LogP) is 0.984. The first kappa shape index (κ1) is 10.8. The summed E-state index contributed by atoms with van der Waals surface area (Å²) in [6, 6.07) is 8.11. The summed E-state index contributed by atoms with van der Waals surface area (Å²) < 4.78 is 0. The van der Waals surface area contributed by atoms with Crippen molar-refractivity contribution in [3.63, 3.8) is 0 Å². The summed E-state index contributed by atoms with van der Waals surface area (Å²) in [5.74, 6) is 0.0411. The van der Waals surface area contributed by atoms with Crippen LogP contribution in [-0.2, 0) is 4.79 Å². The van der Waals surface area contributed by atoms with Gasteiger partial charge in [-0.05, 0) is 24.6 Å². The molecule has 1 amide bonds. The van der Waals surface area contributed by atoms with Crippen LogP contribution >= 0.6 is 0 Å². The molecule has 16 heavy (non-hydrogen) atoms. The summed E-state index contributed by atoms with van der Waals surface area (Å²) in [4.78, 5) is 13.2. The number of carbonyl (C=O) groups excluding carboxylic acids is 1. The van der Waals surface area contributed by atoms with Gasteiger partial charge >= 0.3 is 0 Å². The summed E-state index contributed by atoms with van der Waals surface area (Å²) >= 11 is 0. The van der Waals surface area contributed by atoms with Gasteiger partial charge in [-0.3, -0.25) is 4.79 Å². The molecule has 4 heteroatoms. The molecule has 1 aliphatic heterocycles. The number of benzene rings is 1. The van der Waals surface area contributed by atoms with Gasteiger partial charge in [0.15, 0.2) is 0 Å². The molecule has 2 rings (SSSR count). The molecule has 1 saturated heterocycles. The Morgan fingerprint density at radius 3 is 3.06 bits per heavy atom. The lowest BCUT2D eigenvalue weighted by Gasteiger charge is -2.19. The highest BCUT2D eigenvalue weighted by Gasteiger charge is 2.22. The molecule has 0 spiro atoms. The van der Waals surface area contributed by atoms with Crippen molar-refractivity contribution in [1.82, 2.24) is 5.32 Å². The standard InChI is InChI=1S/C12H17N3O/c1-9(16)14-11-5-6-15(8-11)12-4-2-3-10(13)7-12/h2-4,7,11H,5-6,8,13H2,1H3,(H,14,16). The Morgan fingerprint density at radius 1 is 1.56 bits per heavy atom. The number of nitrogens with two attached hydrogens (primary N) is 1. The van der Waals surface area contributed by atoms with E-state index in [4.69, 9.17) is 5.73 Å². The maximum Gasteiger partial charge on any atom is 0.217 e. The normalized spacial score (nSPS) is 19.8. The molecule has 0 radical (unpaired) electrons. The minimum Gasteiger partial charge on any atom is -0.399 e. The zero-order valence-corrected chi connectivity index (χ0v) is 9.44. The van der Waals surface area contributed by atoms with Crippen molar-refractivity contribution in [3.05, 3.63) is 24.3 Å². The number of amides is 1. The van der Waals surface area contributed by atoms with E-state index < -0.39 is 0 Å². The smallest absolute Gasteiger partial charge is 0.217 e. The number of anilines is 2. The van der Waals surface area contributed by atoms with E-state index in [1.807, 2.05) is 24.3 Å². The molecular formula is C12H17N3O. The van der Waals surface area contributed by atoms with Crippen LogP contribution in [0, 0.1) is 0 Å². The summed E-state index contributed by atoms with van der Waals surface area (Å²) in [6.45, 7) is 3.39. The van der Waals surface area contributed by atoms with E-state index in [2.05, 4.69) is 10.2 Å². The summed E-state index contributed by atoms with van der Waals surface area (Å²) in [5, 5.41) is 2.94. The Hall–Kier alpha value is -1.71. The SMILES string of the molecule is CC(=O)NC1CCN(c2cccc(N)c2)C1. The highest BCUT2D eigenvalue weighted by molar-refractivity contribution is 5.73. The van der Waals surface area contributed by atoms with E-state index in [1.54, 1.807) is 6.92 Å². The first-order valence-electron chi connectivity index (χ1n) is 5.53. The fourth-order valence-electron chi connectivity index (χ4n) is 2.12. The third-order valence-corrected chi connectivity index (χ3v) is 2.83. The van der Waals surface area contributed by atoms with Crippen molar-refractivity contribution in [2.45, 2.75) is 19.4 Å². The van der Waals surface area contributed by atoms with Crippen LogP contribution in [-0.4, -0.2) is 25.0 Å². The van der Waals surface area contributed by atoms with Gasteiger partial charge in [0.1, 0.15) is 0 Å². The number of rotatable bonds is 2. The zero-order chi connectivity index (χ0) is 11.5. The van der Waals surface area contributed by atoms with Crippen LogP contribution in [0.15, 0.2) is 24.3 Å². The van der Waals surface area contributed by atoms with Gasteiger partial charge in [-0.15, -0.1) is 0 Å². The molecule has 1 atom stereocenters. The molecular weight excluding hydrogens is 202 g/mol. The number of nitrogen functional groups attached to an aromatic ring is 1. The number of nitrogens with zero attached hydrogens (tertiary/aromatic N) is 1. The lowest BCUT2D eigenvalue weighted by atomic mass is 10.2. The van der Waals surface area contributed by atoms with Crippen molar-refractivity contribution in [1.29, 1.82) is 0 Å². The molecule has 4 nitrogen and oxygen atoms in total. The Balaban J connectivity index is 2.00. The van der Waals surface area contributed by atoms with E-state index in [1.165, 1.54) is 0 Å². The lowest BCUT2D eigenvalue weighted by Crippen LogP contribution is -2.35. The zero-order valence-electron chi connectivity index (χ0n) is 9.44. The molecule has 1 fully saturated rings. The molecule has 0 aromatic heterocycles. The molecule has 1 unspecified atom stereocenters. The molecule has 1 aromatic carbocycles. The van der Waals surface area contributed by atoms with E-state index in [9.17, 15) is 4.79 Å². The molecule has 1 heterocycles. The van der Waals surface area contributed by atoms with Crippen LogP contribution in [0.3, 0.4) is 0 Å². The van der Waals surface area contributed by atoms with Gasteiger partial charge in [0, 0.05) is 37.4 Å². The summed E-state index contributed by atoms with van der Waals surface area (Å²) in [6.07, 6.45) is 0.994. The number of nitrogens with one attached hydrogen (secondary N) is 1. The Kier molecular flexibility index (Phi) is 2.99. The highest BCUT2D eigenvalue weighted by Crippen LogP contribution is 2.22. The number of hydrogen-bond donors (Lipinski definition) is 2. The molecule has 0 saturated carbocycles. The summed E-state index contributed by atoms with van der Waals surface area (Å²) in [7, 11) is 0. The monoisotopic (exact) mass is 219 g/mol. The van der Waals surface area contributed by atoms with Crippen molar-refractivity contribution < 1.29 is 4.79 Å². The summed E-state index contributed by atoms with van der Waals surface area (Å²) in [5.41, 5.74) is 7.66. The second-order valence-electron chi connectivity index (χ2n) is 4.23. The van der Waals surface area contributed by atoms with Crippen LogP contribution in [0.5, 0.6) is 0 Å². The quantitative estimate of drug-likeness (QED) is 0.729. The second kappa shape index (κ2) is 4.43. The van der Waals surface area contributed by atoms with Crippen molar-refractivity contribution >= 4 is 17.3 Å². The first-order valence-corrected chi connectivity index (χ1v) is 5.53. The van der Waals surface area contributed by atoms with Gasteiger partial charge in [0.05, 0.1) is 0 Å². The van der Waals surface area contributed by atoms with Crippen molar-refractivity contribution in [3.8, 4) is 0 Å². The van der Waals surface area contributed by atoms with E-state index >= 15 is 0 Å². The maximum absolute atomic E-state index is 10.9. The van der Waals surface area contributed by atoms with Crippen LogP contribution in [0.4, 0.5) is 11.4 Å². The van der Waals surface area contributed by atoms with Gasteiger partial charge in [0.25, 0.3) is 0 Å². The average molecular weight is 219 g/mol. The molecule has 0 aliphatic carbocycles. The lowest BCUT2D eigenvalue weighted by molar-refractivity contribution is -0.119. The minimum absolute atomic E-state index is 0.0411. The van der Waals surface area contributed by atoms with E-state index in [0.29, 0.717) is 0 Å². The Labute approximate surface area is 95.4 Å². The first-order chi connectivity index (χ1) is 7.65. The highest BCUT2D eigenvalue weighted by atomic mass is 16.1. The molecule has 1 aromatic rings. The van der Waals surface area contributed by atoms with E-state index in [0.717, 1.165) is 30.9 Å². The third-order valence-electron chi connectivity index (χ3n) is 2.83. The molecule has 86 valence electrons. The topological polar surface area (TPSA) is 58.4 Å². The van der Waals surface area contributed by atoms with Crippen LogP contribution < -0.4 is 16.0 Å². The Bertz CT molecular complexity index is 392. The maximum atomic E-state index is 10.9. The van der Waals surface area contributed by atoms with Crippen LogP contribution in [0.1, 0.15) is 13.3 Å². The average Bonchev–Trinajstić information content (AvgIpc) is 2.65. The van der Waals surface area contributed by atoms with Gasteiger partial charge in [-0.25, -0.2) is 0 Å². The molecule has 0 bridgehead atoms. The van der Waals surface area contributed by atoms with Crippen molar-refractivity contribution in [2.75, 3.05) is 23.7 Å². The molecule has 1 aliphatic rings. The van der Waals surface area contributed by atoms with E-state index in [-0.39, 0.29) is 11.9 Å². The predicted molar refractivity (Wildman–Crippen MR) is 65.3 cm³/mol. The largest absolute Gasteiger partial charge is 0.399 e. The van der Waals surface area contributed by atoms with Gasteiger partial charge in [0.2, 0.25) is 5.91 Å². The Morgan fingerprint density at radius 2 is 2.38 bits per heavy atom.